The number of benzene rings is 2. The SMILES string of the molecule is O=C(NC1CC1)c1ccc(C=CC(=O)N(CC2CCCO2)c2nc3ccccc3s2)cc1. The van der Waals surface area contributed by atoms with Gasteiger partial charge >= 0.3 is 0 Å². The first kappa shape index (κ1) is 20.8. The zero-order valence-corrected chi connectivity index (χ0v) is 18.5. The largest absolute Gasteiger partial charge is 0.376 e. The Morgan fingerprint density at radius 3 is 2.66 bits per heavy atom. The summed E-state index contributed by atoms with van der Waals surface area (Å²) in [5, 5.41) is 3.67. The van der Waals surface area contributed by atoms with Crippen LogP contribution in [-0.4, -0.2) is 42.1 Å². The molecular formula is C25H25N3O3S. The van der Waals surface area contributed by atoms with Gasteiger partial charge in [0, 0.05) is 24.3 Å². The molecule has 2 aromatic carbocycles. The van der Waals surface area contributed by atoms with Gasteiger partial charge in [0.2, 0.25) is 0 Å². The Morgan fingerprint density at radius 1 is 1.12 bits per heavy atom. The summed E-state index contributed by atoms with van der Waals surface area (Å²) in [6.45, 7) is 1.23. The molecule has 6 nitrogen and oxygen atoms in total. The van der Waals surface area contributed by atoms with E-state index in [2.05, 4.69) is 10.3 Å². The second-order valence-electron chi connectivity index (χ2n) is 8.25. The molecule has 3 aromatic rings. The van der Waals surface area contributed by atoms with Crippen LogP contribution in [0.15, 0.2) is 54.6 Å². The number of ether oxygens (including phenoxy) is 1. The predicted molar refractivity (Wildman–Crippen MR) is 127 cm³/mol. The first-order valence-electron chi connectivity index (χ1n) is 11.0. The fraction of sp³-hybridized carbons (Fsp3) is 0.320. The summed E-state index contributed by atoms with van der Waals surface area (Å²) in [6.07, 6.45) is 7.47. The molecule has 2 fully saturated rings. The Hall–Kier alpha value is -3.03. The lowest BCUT2D eigenvalue weighted by molar-refractivity contribution is -0.114. The molecule has 2 amide bonds. The van der Waals surface area contributed by atoms with Crippen LogP contribution in [0.1, 0.15) is 41.6 Å². The molecule has 1 aromatic heterocycles. The average Bonchev–Trinajstić information content (AvgIpc) is 3.30. The van der Waals surface area contributed by atoms with E-state index in [0.29, 0.717) is 23.3 Å². The van der Waals surface area contributed by atoms with Crippen LogP contribution in [0.25, 0.3) is 16.3 Å². The third kappa shape index (κ3) is 4.89. The Bertz CT molecular complexity index is 1110. The summed E-state index contributed by atoms with van der Waals surface area (Å²) in [7, 11) is 0. The van der Waals surface area contributed by atoms with Crippen molar-refractivity contribution in [3.8, 4) is 0 Å². The quantitative estimate of drug-likeness (QED) is 0.545. The molecular weight excluding hydrogens is 422 g/mol. The van der Waals surface area contributed by atoms with Crippen LogP contribution in [0, 0.1) is 0 Å². The van der Waals surface area contributed by atoms with Gasteiger partial charge in [-0.1, -0.05) is 35.6 Å². The van der Waals surface area contributed by atoms with Crippen molar-refractivity contribution in [2.24, 2.45) is 0 Å². The summed E-state index contributed by atoms with van der Waals surface area (Å²) in [5.41, 5.74) is 2.39. The lowest BCUT2D eigenvalue weighted by atomic mass is 10.1. The van der Waals surface area contributed by atoms with E-state index in [0.717, 1.165) is 48.1 Å². The molecule has 1 atom stereocenters. The third-order valence-corrected chi connectivity index (χ3v) is 6.75. The Balaban J connectivity index is 1.32. The monoisotopic (exact) mass is 447 g/mol. The number of hydrogen-bond acceptors (Lipinski definition) is 5. The lowest BCUT2D eigenvalue weighted by Crippen LogP contribution is -2.36. The van der Waals surface area contributed by atoms with Crippen molar-refractivity contribution in [3.63, 3.8) is 0 Å². The molecule has 0 spiro atoms. The van der Waals surface area contributed by atoms with E-state index in [1.807, 2.05) is 36.4 Å². The van der Waals surface area contributed by atoms with Gasteiger partial charge in [-0.3, -0.25) is 14.5 Å². The highest BCUT2D eigenvalue weighted by Gasteiger charge is 2.25. The fourth-order valence-corrected chi connectivity index (χ4v) is 4.71. The highest BCUT2D eigenvalue weighted by molar-refractivity contribution is 7.22. The topological polar surface area (TPSA) is 71.5 Å². The number of rotatable bonds is 7. The molecule has 1 aliphatic carbocycles. The maximum Gasteiger partial charge on any atom is 0.252 e. The zero-order chi connectivity index (χ0) is 21.9. The normalized spacial score (nSPS) is 18.3. The second kappa shape index (κ2) is 9.22. The summed E-state index contributed by atoms with van der Waals surface area (Å²) in [6, 6.07) is 15.5. The number of carbonyl (C=O) groups excluding carboxylic acids is 2. The maximum atomic E-state index is 13.2. The van der Waals surface area contributed by atoms with Crippen LogP contribution in [-0.2, 0) is 9.53 Å². The van der Waals surface area contributed by atoms with Gasteiger partial charge in [0.25, 0.3) is 11.8 Å². The number of nitrogens with zero attached hydrogens (tertiary/aromatic N) is 2. The van der Waals surface area contributed by atoms with E-state index >= 15 is 0 Å². The average molecular weight is 448 g/mol. The molecule has 0 bridgehead atoms. The molecule has 1 N–H and O–H groups in total. The summed E-state index contributed by atoms with van der Waals surface area (Å²) < 4.78 is 6.83. The van der Waals surface area contributed by atoms with Crippen molar-refractivity contribution in [2.75, 3.05) is 18.1 Å². The molecule has 2 heterocycles. The Kier molecular flexibility index (Phi) is 6.01. The van der Waals surface area contributed by atoms with Crippen molar-refractivity contribution < 1.29 is 14.3 Å². The maximum absolute atomic E-state index is 13.2. The van der Waals surface area contributed by atoms with Crippen molar-refractivity contribution in [1.29, 1.82) is 0 Å². The van der Waals surface area contributed by atoms with Gasteiger partial charge in [-0.15, -0.1) is 0 Å². The second-order valence-corrected chi connectivity index (χ2v) is 9.26. The number of anilines is 1. The van der Waals surface area contributed by atoms with Gasteiger partial charge in [-0.25, -0.2) is 4.98 Å². The van der Waals surface area contributed by atoms with E-state index < -0.39 is 0 Å². The Labute approximate surface area is 190 Å². The zero-order valence-electron chi connectivity index (χ0n) is 17.7. The Morgan fingerprint density at radius 2 is 1.94 bits per heavy atom. The number of aromatic nitrogens is 1. The van der Waals surface area contributed by atoms with Gasteiger partial charge in [0.05, 0.1) is 22.9 Å². The first-order valence-corrected chi connectivity index (χ1v) is 11.8. The smallest absolute Gasteiger partial charge is 0.252 e. The lowest BCUT2D eigenvalue weighted by Gasteiger charge is -2.21. The highest BCUT2D eigenvalue weighted by Crippen LogP contribution is 2.30. The number of nitrogens with one attached hydrogen (secondary N) is 1. The number of hydrogen-bond donors (Lipinski definition) is 1. The number of carbonyl (C=O) groups is 2. The van der Waals surface area contributed by atoms with Crippen LogP contribution >= 0.6 is 11.3 Å². The summed E-state index contributed by atoms with van der Waals surface area (Å²) >= 11 is 1.51. The molecule has 5 rings (SSSR count). The molecule has 32 heavy (non-hydrogen) atoms. The number of amides is 2. The first-order chi connectivity index (χ1) is 15.7. The highest BCUT2D eigenvalue weighted by atomic mass is 32.1. The molecule has 1 saturated carbocycles. The fourth-order valence-electron chi connectivity index (χ4n) is 3.73. The van der Waals surface area contributed by atoms with Gasteiger partial charge in [-0.2, -0.15) is 0 Å². The molecule has 0 radical (unpaired) electrons. The minimum atomic E-state index is -0.130. The molecule has 2 aliphatic rings. The molecule has 1 saturated heterocycles. The van der Waals surface area contributed by atoms with Crippen LogP contribution in [0.2, 0.25) is 0 Å². The number of para-hydroxylation sites is 1. The van der Waals surface area contributed by atoms with Crippen molar-refractivity contribution in [3.05, 3.63) is 65.7 Å². The molecule has 7 heteroatoms. The van der Waals surface area contributed by atoms with Crippen molar-refractivity contribution in [1.82, 2.24) is 10.3 Å². The van der Waals surface area contributed by atoms with Crippen LogP contribution in [0.5, 0.6) is 0 Å². The number of thiazole rings is 1. The van der Waals surface area contributed by atoms with Crippen molar-refractivity contribution in [2.45, 2.75) is 37.8 Å². The minimum absolute atomic E-state index is 0.0311. The van der Waals surface area contributed by atoms with Gasteiger partial charge in [0.1, 0.15) is 0 Å². The number of fused-ring (bicyclic) bond motifs is 1. The van der Waals surface area contributed by atoms with Crippen LogP contribution in [0.4, 0.5) is 5.13 Å². The van der Waals surface area contributed by atoms with E-state index in [4.69, 9.17) is 4.74 Å². The summed E-state index contributed by atoms with van der Waals surface area (Å²) in [5.74, 6) is -0.173. The van der Waals surface area contributed by atoms with Crippen molar-refractivity contribution >= 4 is 44.6 Å². The standard InChI is InChI=1S/C25H25N3O3S/c29-23(14-9-17-7-10-18(11-8-17)24(30)26-19-12-13-19)28(16-20-4-3-15-31-20)25-27-21-5-1-2-6-22(21)32-25/h1-2,5-11,14,19-20H,3-4,12-13,15-16H2,(H,26,30). The van der Waals surface area contributed by atoms with Gasteiger partial charge in [0.15, 0.2) is 5.13 Å². The van der Waals surface area contributed by atoms with Gasteiger partial charge < -0.3 is 10.1 Å². The predicted octanol–water partition coefficient (Wildman–Crippen LogP) is 4.41. The van der Waals surface area contributed by atoms with Crippen LogP contribution in [0.3, 0.4) is 0 Å². The molecule has 1 aliphatic heterocycles. The molecule has 1 unspecified atom stereocenters. The minimum Gasteiger partial charge on any atom is -0.376 e. The van der Waals surface area contributed by atoms with E-state index in [1.165, 1.54) is 11.3 Å². The van der Waals surface area contributed by atoms with Crippen LogP contribution < -0.4 is 10.2 Å². The van der Waals surface area contributed by atoms with Gasteiger partial charge in [-0.05, 0) is 61.6 Å². The molecule has 164 valence electrons. The summed E-state index contributed by atoms with van der Waals surface area (Å²) in [4.78, 5) is 31.7. The van der Waals surface area contributed by atoms with E-state index in [-0.39, 0.29) is 17.9 Å². The van der Waals surface area contributed by atoms with E-state index in [1.54, 1.807) is 29.2 Å². The van der Waals surface area contributed by atoms with E-state index in [9.17, 15) is 9.59 Å². The third-order valence-electron chi connectivity index (χ3n) is 5.69.